The normalized spacial score (nSPS) is 11.6. The highest BCUT2D eigenvalue weighted by Gasteiger charge is 2.18. The summed E-state index contributed by atoms with van der Waals surface area (Å²) >= 11 is 8.60. The average molecular weight is 514 g/mol. The van der Waals surface area contributed by atoms with Crippen molar-refractivity contribution in [1.29, 1.82) is 0 Å². The lowest BCUT2D eigenvalue weighted by Crippen LogP contribution is -2.01. The Morgan fingerprint density at radius 1 is 1.00 bits per heavy atom. The second-order valence-corrected chi connectivity index (χ2v) is 10.4. The molecule has 0 atom stereocenters. The molecule has 2 nitrogen and oxygen atoms in total. The molecule has 0 aliphatic carbocycles. The van der Waals surface area contributed by atoms with Gasteiger partial charge in [-0.3, -0.25) is 0 Å². The topological polar surface area (TPSA) is 32.6 Å². The lowest BCUT2D eigenvalue weighted by molar-refractivity contribution is 0.320. The van der Waals surface area contributed by atoms with Crippen LogP contribution in [0.15, 0.2) is 47.6 Å². The molecule has 0 spiro atoms. The van der Waals surface area contributed by atoms with Crippen LogP contribution < -0.4 is 0 Å². The van der Waals surface area contributed by atoms with E-state index in [9.17, 15) is 8.78 Å². The second-order valence-electron chi connectivity index (χ2n) is 7.85. The van der Waals surface area contributed by atoms with Gasteiger partial charge >= 0.3 is 0 Å². The molecule has 0 amide bonds. The van der Waals surface area contributed by atoms with E-state index in [1.54, 1.807) is 11.3 Å². The summed E-state index contributed by atoms with van der Waals surface area (Å²) in [7, 11) is 0. The summed E-state index contributed by atoms with van der Waals surface area (Å²) in [6.07, 6.45) is 4.41. The highest BCUT2D eigenvalue weighted by atomic mass is 35.5. The molecule has 2 aromatic heterocycles. The predicted octanol–water partition coefficient (Wildman–Crippen LogP) is 8.59. The smallest absolute Gasteiger partial charge is 0.181 e. The lowest BCUT2D eigenvalue weighted by atomic mass is 9.99. The highest BCUT2D eigenvalue weighted by Crippen LogP contribution is 2.39. The minimum atomic E-state index is -0.881. The van der Waals surface area contributed by atoms with Gasteiger partial charge < -0.3 is 5.21 Å². The van der Waals surface area contributed by atoms with Gasteiger partial charge in [0.1, 0.15) is 11.6 Å². The van der Waals surface area contributed by atoms with Crippen LogP contribution in [0, 0.1) is 23.5 Å². The van der Waals surface area contributed by atoms with Crippen LogP contribution in [0.2, 0.25) is 0 Å². The Morgan fingerprint density at radius 3 is 2.38 bits per heavy atom. The van der Waals surface area contributed by atoms with Gasteiger partial charge in [-0.15, -0.1) is 22.7 Å². The first-order valence-corrected chi connectivity index (χ1v) is 13.0. The van der Waals surface area contributed by atoms with Gasteiger partial charge in [0.05, 0.1) is 10.4 Å². The number of fused-ring (bicyclic) bond motifs is 1. The number of benzene rings is 2. The molecule has 0 bridgehead atoms. The molecule has 0 radical (unpaired) electrons. The van der Waals surface area contributed by atoms with E-state index < -0.39 is 22.4 Å². The summed E-state index contributed by atoms with van der Waals surface area (Å²) in [6, 6.07) is 12.9. The van der Waals surface area contributed by atoms with Crippen LogP contribution in [0.25, 0.3) is 19.8 Å². The first-order valence-electron chi connectivity index (χ1n) is 11.0. The molecule has 0 saturated heterocycles. The van der Waals surface area contributed by atoms with Crippen molar-refractivity contribution in [3.8, 4) is 22.3 Å². The fraction of sp³-hybridized carbons (Fsp3) is 0.222. The number of hydrogen-bond acceptors (Lipinski definition) is 4. The number of rotatable bonds is 6. The summed E-state index contributed by atoms with van der Waals surface area (Å²) in [5, 5.41) is 10.8. The molecule has 0 saturated carbocycles. The summed E-state index contributed by atoms with van der Waals surface area (Å²) in [4.78, 5) is 1.68. The Kier molecular flexibility index (Phi) is 7.67. The maximum absolute atomic E-state index is 14.4. The van der Waals surface area contributed by atoms with E-state index in [1.807, 2.05) is 12.1 Å². The second kappa shape index (κ2) is 10.7. The lowest BCUT2D eigenvalue weighted by Gasteiger charge is -2.06. The molecular formula is C27H22ClF2NOS2. The van der Waals surface area contributed by atoms with Crippen molar-refractivity contribution in [1.82, 2.24) is 0 Å². The number of nitrogens with zero attached hydrogens (tertiary/aromatic N) is 1. The highest BCUT2D eigenvalue weighted by molar-refractivity contribution is 7.29. The van der Waals surface area contributed by atoms with Gasteiger partial charge in [0.2, 0.25) is 0 Å². The Hall–Kier alpha value is -2.72. The molecule has 174 valence electrons. The zero-order valence-electron chi connectivity index (χ0n) is 18.7. The maximum atomic E-state index is 14.4. The van der Waals surface area contributed by atoms with Crippen molar-refractivity contribution in [3.05, 3.63) is 81.2 Å². The first kappa shape index (κ1) is 24.4. The molecule has 2 heterocycles. The van der Waals surface area contributed by atoms with E-state index in [-0.39, 0.29) is 0 Å². The summed E-state index contributed by atoms with van der Waals surface area (Å²) < 4.78 is 30.7. The molecule has 34 heavy (non-hydrogen) atoms. The molecule has 4 rings (SSSR count). The fourth-order valence-electron chi connectivity index (χ4n) is 3.73. The maximum Gasteiger partial charge on any atom is 0.181 e. The van der Waals surface area contributed by atoms with E-state index in [0.717, 1.165) is 37.6 Å². The van der Waals surface area contributed by atoms with Crippen LogP contribution in [0.3, 0.4) is 0 Å². The zero-order chi connectivity index (χ0) is 24.2. The molecule has 4 aromatic rings. The average Bonchev–Trinajstić information content (AvgIpc) is 3.40. The summed E-state index contributed by atoms with van der Waals surface area (Å²) in [5.74, 6) is 4.84. The molecule has 0 aliphatic rings. The fourth-order valence-corrected chi connectivity index (χ4v) is 6.15. The molecule has 0 aliphatic heterocycles. The SMILES string of the molecule is CCCCc1ccc(C#Cc2cc3sc(-c4cc(F)c(/C(Cl)=N/O)c(F)c4)cc3s2)c(CC)c1. The number of hydrogen-bond donors (Lipinski definition) is 1. The third-order valence-electron chi connectivity index (χ3n) is 5.52. The largest absolute Gasteiger partial charge is 0.410 e. The Labute approximate surface area is 210 Å². The van der Waals surface area contributed by atoms with Crippen LogP contribution in [0.4, 0.5) is 8.78 Å². The summed E-state index contributed by atoms with van der Waals surface area (Å²) in [5.41, 5.74) is 3.53. The van der Waals surface area contributed by atoms with Crippen molar-refractivity contribution in [2.45, 2.75) is 39.5 Å². The van der Waals surface area contributed by atoms with Gasteiger partial charge in [-0.2, -0.15) is 0 Å². The van der Waals surface area contributed by atoms with E-state index in [4.69, 9.17) is 16.8 Å². The number of aryl methyl sites for hydroxylation is 2. The molecule has 0 fully saturated rings. The molecule has 2 aromatic carbocycles. The number of oxime groups is 1. The number of unbranched alkanes of at least 4 members (excludes halogenated alkanes) is 1. The van der Waals surface area contributed by atoms with E-state index in [2.05, 4.69) is 49.0 Å². The Morgan fingerprint density at radius 2 is 1.74 bits per heavy atom. The van der Waals surface area contributed by atoms with Crippen molar-refractivity contribution < 1.29 is 14.0 Å². The summed E-state index contributed by atoms with van der Waals surface area (Å²) in [6.45, 7) is 4.35. The van der Waals surface area contributed by atoms with Crippen LogP contribution in [-0.4, -0.2) is 10.4 Å². The molecule has 1 N–H and O–H groups in total. The zero-order valence-corrected chi connectivity index (χ0v) is 21.1. The number of halogens is 3. The predicted molar refractivity (Wildman–Crippen MR) is 140 cm³/mol. The molecular weight excluding hydrogens is 492 g/mol. The van der Waals surface area contributed by atoms with Gasteiger partial charge in [-0.25, -0.2) is 8.78 Å². The standard InChI is InChI=1S/C27H22ClF2NOS2/c1-3-5-6-16-7-8-18(17(4-2)11-16)9-10-20-14-24-25(33-20)15-23(34-24)19-12-21(29)26(22(30)13-19)27(28)31-32/h7-8,11-15,32H,3-6H2,1-2H3/b31-27-. The van der Waals surface area contributed by atoms with Crippen molar-refractivity contribution in [3.63, 3.8) is 0 Å². The Balaban J connectivity index is 1.59. The molecule has 7 heteroatoms. The van der Waals surface area contributed by atoms with Crippen molar-refractivity contribution in [2.75, 3.05) is 0 Å². The number of thiophene rings is 2. The minimum Gasteiger partial charge on any atom is -0.410 e. The van der Waals surface area contributed by atoms with Crippen molar-refractivity contribution >= 4 is 48.8 Å². The quantitative estimate of drug-likeness (QED) is 0.119. The van der Waals surface area contributed by atoms with Gasteiger partial charge in [0, 0.05) is 19.8 Å². The minimum absolute atomic E-state index is 0.401. The van der Waals surface area contributed by atoms with E-state index in [0.29, 0.717) is 5.56 Å². The Bertz CT molecular complexity index is 1390. The van der Waals surface area contributed by atoms with Gasteiger partial charge in [-0.1, -0.05) is 61.0 Å². The van der Waals surface area contributed by atoms with E-state index in [1.165, 1.54) is 47.4 Å². The van der Waals surface area contributed by atoms with Crippen molar-refractivity contribution in [2.24, 2.45) is 5.16 Å². The van der Waals surface area contributed by atoms with Gasteiger partial charge in [0.25, 0.3) is 0 Å². The van der Waals surface area contributed by atoms with E-state index >= 15 is 0 Å². The van der Waals surface area contributed by atoms with Crippen LogP contribution in [0.1, 0.15) is 53.8 Å². The van der Waals surface area contributed by atoms with Crippen LogP contribution in [0.5, 0.6) is 0 Å². The van der Waals surface area contributed by atoms with Gasteiger partial charge in [-0.05, 0) is 66.3 Å². The van der Waals surface area contributed by atoms with Crippen LogP contribution in [-0.2, 0) is 12.8 Å². The first-order chi connectivity index (χ1) is 16.4. The monoisotopic (exact) mass is 513 g/mol. The third-order valence-corrected chi connectivity index (χ3v) is 8.04. The molecule has 0 unspecified atom stereocenters. The van der Waals surface area contributed by atoms with Crippen LogP contribution >= 0.6 is 34.3 Å². The van der Waals surface area contributed by atoms with Gasteiger partial charge in [0.15, 0.2) is 5.17 Å². The third kappa shape index (κ3) is 5.17.